The van der Waals surface area contributed by atoms with E-state index < -0.39 is 0 Å². The maximum Gasteiger partial charge on any atom is 0.0568 e. The third-order valence-electron chi connectivity index (χ3n) is 2.18. The molecule has 2 rings (SSSR count). The highest BCUT2D eigenvalue weighted by molar-refractivity contribution is 9.10. The van der Waals surface area contributed by atoms with Crippen LogP contribution in [0.3, 0.4) is 0 Å². The molecule has 0 amide bonds. The van der Waals surface area contributed by atoms with Gasteiger partial charge < -0.3 is 0 Å². The number of hydrogen-bond donors (Lipinski definition) is 0. The fraction of sp³-hybridized carbons (Fsp3) is 0. The van der Waals surface area contributed by atoms with Gasteiger partial charge in [0.1, 0.15) is 0 Å². The Morgan fingerprint density at radius 3 is 1.56 bits per heavy atom. The third-order valence-corrected chi connectivity index (χ3v) is 3.16. The Bertz CT molecular complexity index is 538. The van der Waals surface area contributed by atoms with Crippen molar-refractivity contribution < 1.29 is 0 Å². The van der Waals surface area contributed by atoms with Crippen molar-refractivity contribution in [2.24, 2.45) is 10.2 Å². The van der Waals surface area contributed by atoms with Crippen LogP contribution in [0.15, 0.2) is 67.7 Å². The summed E-state index contributed by atoms with van der Waals surface area (Å²) >= 11 is 6.82. The zero-order valence-electron chi connectivity index (χ0n) is 9.42. The lowest BCUT2D eigenvalue weighted by molar-refractivity contribution is 1.26. The van der Waals surface area contributed by atoms with Crippen LogP contribution in [0.4, 0.5) is 0 Å². The van der Waals surface area contributed by atoms with Crippen molar-refractivity contribution >= 4 is 44.3 Å². The van der Waals surface area contributed by atoms with Crippen molar-refractivity contribution in [3.63, 3.8) is 0 Å². The molecule has 0 aliphatic heterocycles. The fourth-order valence-corrected chi connectivity index (χ4v) is 2.21. The number of rotatable bonds is 3. The van der Waals surface area contributed by atoms with Crippen molar-refractivity contribution in [2.45, 2.75) is 0 Å². The molecule has 4 heteroatoms. The van der Waals surface area contributed by atoms with E-state index in [9.17, 15) is 0 Å². The summed E-state index contributed by atoms with van der Waals surface area (Å²) in [5.41, 5.74) is 2.02. The summed E-state index contributed by atoms with van der Waals surface area (Å²) < 4.78 is 2.06. The fourth-order valence-electron chi connectivity index (χ4n) is 1.37. The first kappa shape index (κ1) is 13.2. The molecule has 0 aliphatic rings. The summed E-state index contributed by atoms with van der Waals surface area (Å²) in [5, 5.41) is 8.03. The SMILES string of the molecule is Brc1cccc(/C=N\N=C/c2cccc(Br)c2)c1. The standard InChI is InChI=1S/C14H10Br2N2/c15-13-5-1-3-11(7-13)9-17-18-10-12-4-2-6-14(16)8-12/h1-10H/b17-9-,18-10-. The second kappa shape index (κ2) is 6.61. The topological polar surface area (TPSA) is 24.7 Å². The van der Waals surface area contributed by atoms with Gasteiger partial charge in [0.15, 0.2) is 0 Å². The van der Waals surface area contributed by atoms with Crippen LogP contribution in [-0.4, -0.2) is 12.4 Å². The molecule has 0 atom stereocenters. The quantitative estimate of drug-likeness (QED) is 0.558. The first-order valence-electron chi connectivity index (χ1n) is 5.31. The van der Waals surface area contributed by atoms with E-state index in [0.717, 1.165) is 20.1 Å². The molecule has 0 aliphatic carbocycles. The number of halogens is 2. The molecule has 0 spiro atoms. The van der Waals surface area contributed by atoms with E-state index in [4.69, 9.17) is 0 Å². The van der Waals surface area contributed by atoms with Gasteiger partial charge in [-0.2, -0.15) is 10.2 Å². The molecule has 0 aromatic heterocycles. The van der Waals surface area contributed by atoms with Gasteiger partial charge >= 0.3 is 0 Å². The molecule has 2 aromatic carbocycles. The van der Waals surface area contributed by atoms with Crippen LogP contribution in [-0.2, 0) is 0 Å². The molecule has 0 saturated heterocycles. The van der Waals surface area contributed by atoms with Crippen LogP contribution >= 0.6 is 31.9 Å². The van der Waals surface area contributed by atoms with Crippen LogP contribution in [0.1, 0.15) is 11.1 Å². The predicted octanol–water partition coefficient (Wildman–Crippen LogP) is 4.66. The number of benzene rings is 2. The maximum atomic E-state index is 4.02. The Morgan fingerprint density at radius 2 is 1.17 bits per heavy atom. The van der Waals surface area contributed by atoms with Gasteiger partial charge in [0.05, 0.1) is 12.4 Å². The average molecular weight is 366 g/mol. The molecule has 2 nitrogen and oxygen atoms in total. The van der Waals surface area contributed by atoms with Crippen molar-refractivity contribution in [1.82, 2.24) is 0 Å². The van der Waals surface area contributed by atoms with Crippen LogP contribution < -0.4 is 0 Å². The zero-order valence-corrected chi connectivity index (χ0v) is 12.6. The van der Waals surface area contributed by atoms with Crippen LogP contribution in [0, 0.1) is 0 Å². The molecular formula is C14H10Br2N2. The van der Waals surface area contributed by atoms with Gasteiger partial charge in [-0.3, -0.25) is 0 Å². The van der Waals surface area contributed by atoms with Gasteiger partial charge in [-0.25, -0.2) is 0 Å². The van der Waals surface area contributed by atoms with Crippen molar-refractivity contribution in [3.8, 4) is 0 Å². The number of hydrogen-bond acceptors (Lipinski definition) is 2. The van der Waals surface area contributed by atoms with Crippen LogP contribution in [0.2, 0.25) is 0 Å². The molecule has 90 valence electrons. The lowest BCUT2D eigenvalue weighted by atomic mass is 10.2. The largest absolute Gasteiger partial charge is 0.159 e. The first-order chi connectivity index (χ1) is 8.74. The molecule has 2 aromatic rings. The van der Waals surface area contributed by atoms with Gasteiger partial charge in [0.2, 0.25) is 0 Å². The Labute approximate surface area is 123 Å². The molecule has 0 bridgehead atoms. The summed E-state index contributed by atoms with van der Waals surface area (Å²) in [7, 11) is 0. The molecule has 0 heterocycles. The highest BCUT2D eigenvalue weighted by Crippen LogP contribution is 2.11. The average Bonchev–Trinajstić information content (AvgIpc) is 2.35. The molecular weight excluding hydrogens is 356 g/mol. The lowest BCUT2D eigenvalue weighted by Gasteiger charge is -1.93. The molecule has 0 unspecified atom stereocenters. The zero-order chi connectivity index (χ0) is 12.8. The van der Waals surface area contributed by atoms with E-state index in [0.29, 0.717) is 0 Å². The molecule has 0 radical (unpaired) electrons. The van der Waals surface area contributed by atoms with Gasteiger partial charge in [-0.1, -0.05) is 56.1 Å². The highest BCUT2D eigenvalue weighted by atomic mass is 79.9. The summed E-state index contributed by atoms with van der Waals surface area (Å²) in [6.45, 7) is 0. The summed E-state index contributed by atoms with van der Waals surface area (Å²) in [5.74, 6) is 0. The summed E-state index contributed by atoms with van der Waals surface area (Å²) in [4.78, 5) is 0. The summed E-state index contributed by atoms with van der Waals surface area (Å²) in [6, 6.07) is 15.8. The van der Waals surface area contributed by atoms with Crippen molar-refractivity contribution in [2.75, 3.05) is 0 Å². The minimum atomic E-state index is 1.01. The van der Waals surface area contributed by atoms with Crippen LogP contribution in [0.25, 0.3) is 0 Å². The van der Waals surface area contributed by atoms with Gasteiger partial charge in [0, 0.05) is 8.95 Å². The second-order valence-corrected chi connectivity index (χ2v) is 5.43. The van der Waals surface area contributed by atoms with Crippen molar-refractivity contribution in [1.29, 1.82) is 0 Å². The Balaban J connectivity index is 2.03. The smallest absolute Gasteiger partial charge is 0.0568 e. The van der Waals surface area contributed by atoms with Crippen LogP contribution in [0.5, 0.6) is 0 Å². The van der Waals surface area contributed by atoms with E-state index in [2.05, 4.69) is 42.1 Å². The first-order valence-corrected chi connectivity index (χ1v) is 6.90. The minimum absolute atomic E-state index is 1.01. The van der Waals surface area contributed by atoms with Gasteiger partial charge in [-0.15, -0.1) is 0 Å². The monoisotopic (exact) mass is 364 g/mol. The second-order valence-electron chi connectivity index (χ2n) is 3.60. The van der Waals surface area contributed by atoms with Gasteiger partial charge in [0.25, 0.3) is 0 Å². The Kier molecular flexibility index (Phi) is 4.84. The van der Waals surface area contributed by atoms with Gasteiger partial charge in [-0.05, 0) is 35.4 Å². The summed E-state index contributed by atoms with van der Waals surface area (Å²) in [6.07, 6.45) is 3.44. The molecule has 0 saturated carbocycles. The molecule has 0 N–H and O–H groups in total. The lowest BCUT2D eigenvalue weighted by Crippen LogP contribution is -1.81. The maximum absolute atomic E-state index is 4.02. The predicted molar refractivity (Wildman–Crippen MR) is 83.5 cm³/mol. The molecule has 0 fully saturated rings. The highest BCUT2D eigenvalue weighted by Gasteiger charge is 1.89. The third kappa shape index (κ3) is 4.20. The Hall–Kier alpha value is -1.26. The minimum Gasteiger partial charge on any atom is -0.159 e. The van der Waals surface area contributed by atoms with E-state index in [1.54, 1.807) is 12.4 Å². The van der Waals surface area contributed by atoms with E-state index in [-0.39, 0.29) is 0 Å². The molecule has 18 heavy (non-hydrogen) atoms. The van der Waals surface area contributed by atoms with Crippen molar-refractivity contribution in [3.05, 3.63) is 68.6 Å². The van der Waals surface area contributed by atoms with E-state index in [1.165, 1.54) is 0 Å². The van der Waals surface area contributed by atoms with E-state index >= 15 is 0 Å². The Morgan fingerprint density at radius 1 is 0.722 bits per heavy atom. The van der Waals surface area contributed by atoms with E-state index in [1.807, 2.05) is 48.5 Å². The number of nitrogens with zero attached hydrogens (tertiary/aromatic N) is 2. The normalized spacial score (nSPS) is 11.4.